The van der Waals surface area contributed by atoms with E-state index in [1.54, 1.807) is 7.11 Å². The van der Waals surface area contributed by atoms with Crippen LogP contribution < -0.4 is 0 Å². The maximum Gasteiger partial charge on any atom is 0.190 e. The van der Waals surface area contributed by atoms with Crippen molar-refractivity contribution in [2.75, 3.05) is 20.3 Å². The number of rotatable bonds is 12. The number of ether oxygens (including phenoxy) is 6. The monoisotopic (exact) mass is 482 g/mol. The number of unbranched alkanes of at least 4 members (excludes halogenated alkanes) is 1. The highest BCUT2D eigenvalue weighted by molar-refractivity contribution is 5.26. The Bertz CT molecular complexity index is 685. The molecule has 7 nitrogen and oxygen atoms in total. The molecule has 0 radical (unpaired) electrons. The quantitative estimate of drug-likeness (QED) is 0.322. The second kappa shape index (κ2) is 12.4. The summed E-state index contributed by atoms with van der Waals surface area (Å²) in [6.45, 7) is 14.2. The lowest BCUT2D eigenvalue weighted by Gasteiger charge is -2.31. The summed E-state index contributed by atoms with van der Waals surface area (Å²) in [5.41, 5.74) is 1.38. The first-order chi connectivity index (χ1) is 16.1. The molecule has 9 atom stereocenters. The third kappa shape index (κ3) is 7.36. The van der Waals surface area contributed by atoms with Crippen molar-refractivity contribution in [3.05, 3.63) is 23.8 Å². The van der Waals surface area contributed by atoms with Gasteiger partial charge in [-0.1, -0.05) is 59.3 Å². The summed E-state index contributed by atoms with van der Waals surface area (Å²) in [6, 6.07) is 0. The molecule has 34 heavy (non-hydrogen) atoms. The zero-order valence-electron chi connectivity index (χ0n) is 22.1. The van der Waals surface area contributed by atoms with Gasteiger partial charge in [0.05, 0.1) is 12.7 Å². The molecule has 1 aliphatic carbocycles. The molecule has 9 unspecified atom stereocenters. The van der Waals surface area contributed by atoms with E-state index in [1.807, 2.05) is 6.92 Å². The van der Waals surface area contributed by atoms with E-state index in [4.69, 9.17) is 28.4 Å². The molecule has 0 aromatic carbocycles. The fourth-order valence-corrected chi connectivity index (χ4v) is 4.70. The lowest BCUT2D eigenvalue weighted by atomic mass is 9.86. The molecule has 0 saturated carbocycles. The minimum atomic E-state index is -0.828. The molecule has 3 aliphatic rings. The first-order valence-corrected chi connectivity index (χ1v) is 12.9. The number of allylic oxidation sites excluding steroid dienone is 1. The van der Waals surface area contributed by atoms with E-state index in [0.29, 0.717) is 6.61 Å². The van der Waals surface area contributed by atoms with Gasteiger partial charge in [0.15, 0.2) is 18.9 Å². The Balaban J connectivity index is 1.48. The summed E-state index contributed by atoms with van der Waals surface area (Å²) in [4.78, 5) is 0. The van der Waals surface area contributed by atoms with Crippen LogP contribution in [0.4, 0.5) is 0 Å². The van der Waals surface area contributed by atoms with Crippen molar-refractivity contribution >= 4 is 0 Å². The number of hydrogen-bond donors (Lipinski definition) is 1. The molecule has 3 rings (SSSR count). The average Bonchev–Trinajstić information content (AvgIpc) is 3.32. The molecule has 0 aromatic heterocycles. The van der Waals surface area contributed by atoms with E-state index < -0.39 is 30.9 Å². The van der Waals surface area contributed by atoms with Gasteiger partial charge in [-0.25, -0.2) is 0 Å². The van der Waals surface area contributed by atoms with Crippen molar-refractivity contribution < 1.29 is 33.5 Å². The molecule has 2 fully saturated rings. The van der Waals surface area contributed by atoms with E-state index in [9.17, 15) is 5.11 Å². The second-order valence-electron chi connectivity index (χ2n) is 11.1. The number of methoxy groups -OCH3 is 1. The van der Waals surface area contributed by atoms with Gasteiger partial charge in [-0.15, -0.1) is 0 Å². The molecule has 2 heterocycles. The van der Waals surface area contributed by atoms with Gasteiger partial charge in [-0.2, -0.15) is 0 Å². The normalized spacial score (nSPS) is 35.3. The molecule has 0 aromatic rings. The molecule has 0 amide bonds. The summed E-state index contributed by atoms with van der Waals surface area (Å²) < 4.78 is 35.7. The van der Waals surface area contributed by atoms with Gasteiger partial charge in [0.1, 0.15) is 18.3 Å². The van der Waals surface area contributed by atoms with Gasteiger partial charge < -0.3 is 33.5 Å². The molecule has 0 bridgehead atoms. The molecule has 2 saturated heterocycles. The third-order valence-corrected chi connectivity index (χ3v) is 6.86. The predicted molar refractivity (Wildman–Crippen MR) is 130 cm³/mol. The van der Waals surface area contributed by atoms with Crippen LogP contribution in [0.25, 0.3) is 0 Å². The summed E-state index contributed by atoms with van der Waals surface area (Å²) in [5.74, 6) is 0.294. The van der Waals surface area contributed by atoms with E-state index in [1.165, 1.54) is 5.57 Å². The van der Waals surface area contributed by atoms with Crippen molar-refractivity contribution in [2.24, 2.45) is 17.3 Å². The highest BCUT2D eigenvalue weighted by Crippen LogP contribution is 2.40. The number of aliphatic hydroxyl groups is 1. The zero-order chi connectivity index (χ0) is 24.9. The molecule has 2 aliphatic heterocycles. The molecular formula is C27H46O7. The molecule has 1 N–H and O–H groups in total. The predicted octanol–water partition coefficient (Wildman–Crippen LogP) is 4.58. The Morgan fingerprint density at radius 1 is 1.15 bits per heavy atom. The maximum absolute atomic E-state index is 10.9. The topological polar surface area (TPSA) is 75.6 Å². The van der Waals surface area contributed by atoms with Gasteiger partial charge >= 0.3 is 0 Å². The van der Waals surface area contributed by atoms with E-state index in [2.05, 4.69) is 52.8 Å². The number of aliphatic hydroxyl groups excluding tert-OH is 1. The van der Waals surface area contributed by atoms with Crippen LogP contribution in [0.2, 0.25) is 0 Å². The Morgan fingerprint density at radius 3 is 2.53 bits per heavy atom. The van der Waals surface area contributed by atoms with Crippen molar-refractivity contribution in [1.29, 1.82) is 0 Å². The lowest BCUT2D eigenvalue weighted by molar-refractivity contribution is -0.229. The third-order valence-electron chi connectivity index (χ3n) is 6.86. The van der Waals surface area contributed by atoms with Gasteiger partial charge in [-0.05, 0) is 43.1 Å². The lowest BCUT2D eigenvalue weighted by Crippen LogP contribution is -2.42. The van der Waals surface area contributed by atoms with Gasteiger partial charge in [-0.3, -0.25) is 0 Å². The summed E-state index contributed by atoms with van der Waals surface area (Å²) in [5, 5.41) is 10.9. The van der Waals surface area contributed by atoms with E-state index >= 15 is 0 Å². The maximum atomic E-state index is 10.9. The SMILES string of the molecule is CCCCOCC1=CC(C)C(C2OC3OC(C(C)OC(CCC(C)(C)C)OC)C(O)C3O2)C=C1. The minimum absolute atomic E-state index is 0.0585. The van der Waals surface area contributed by atoms with Crippen molar-refractivity contribution in [3.63, 3.8) is 0 Å². The standard InChI is InChI=1S/C27H46O7/c1-8-9-14-30-16-19-10-11-20(17(2)15-19)25-33-24-22(28)23(32-26(24)34-25)18(3)31-21(29-7)12-13-27(4,5)6/h10-11,15,17-18,20-26,28H,8-9,12-14,16H2,1-7H3. The summed E-state index contributed by atoms with van der Waals surface area (Å²) >= 11 is 0. The first kappa shape index (κ1) is 27.8. The Labute approximate surface area is 205 Å². The van der Waals surface area contributed by atoms with Crippen LogP contribution in [-0.4, -0.2) is 68.7 Å². The number of fused-ring (bicyclic) bond motifs is 1. The van der Waals surface area contributed by atoms with Crippen LogP contribution in [-0.2, 0) is 28.4 Å². The Hall–Kier alpha value is -0.800. The molecule has 196 valence electrons. The van der Waals surface area contributed by atoms with Crippen molar-refractivity contribution in [2.45, 2.75) is 111 Å². The largest absolute Gasteiger partial charge is 0.387 e. The highest BCUT2D eigenvalue weighted by Gasteiger charge is 2.55. The number of hydrogen-bond acceptors (Lipinski definition) is 7. The van der Waals surface area contributed by atoms with Crippen LogP contribution in [0.15, 0.2) is 23.8 Å². The van der Waals surface area contributed by atoms with Gasteiger partial charge in [0.25, 0.3) is 0 Å². The van der Waals surface area contributed by atoms with Crippen LogP contribution in [0.3, 0.4) is 0 Å². The Morgan fingerprint density at radius 2 is 1.91 bits per heavy atom. The van der Waals surface area contributed by atoms with Crippen LogP contribution in [0, 0.1) is 17.3 Å². The van der Waals surface area contributed by atoms with Crippen molar-refractivity contribution in [3.8, 4) is 0 Å². The minimum Gasteiger partial charge on any atom is -0.387 e. The highest BCUT2D eigenvalue weighted by atomic mass is 16.8. The average molecular weight is 483 g/mol. The fraction of sp³-hybridized carbons (Fsp3) is 0.852. The van der Waals surface area contributed by atoms with Crippen molar-refractivity contribution in [1.82, 2.24) is 0 Å². The zero-order valence-corrected chi connectivity index (χ0v) is 22.1. The summed E-state index contributed by atoms with van der Waals surface area (Å²) in [6.07, 6.45) is 6.76. The first-order valence-electron chi connectivity index (χ1n) is 12.9. The van der Waals surface area contributed by atoms with Crippen LogP contribution in [0.1, 0.15) is 67.2 Å². The second-order valence-corrected chi connectivity index (χ2v) is 11.1. The van der Waals surface area contributed by atoms with Crippen LogP contribution in [0.5, 0.6) is 0 Å². The molecule has 0 spiro atoms. The smallest absolute Gasteiger partial charge is 0.190 e. The van der Waals surface area contributed by atoms with Crippen LogP contribution >= 0.6 is 0 Å². The van der Waals surface area contributed by atoms with E-state index in [0.717, 1.165) is 32.3 Å². The van der Waals surface area contributed by atoms with E-state index in [-0.39, 0.29) is 29.6 Å². The fourth-order valence-electron chi connectivity index (χ4n) is 4.70. The van der Waals surface area contributed by atoms with Gasteiger partial charge in [0.2, 0.25) is 0 Å². The molecule has 7 heteroatoms. The van der Waals surface area contributed by atoms with Gasteiger partial charge in [0, 0.05) is 19.6 Å². The summed E-state index contributed by atoms with van der Waals surface area (Å²) in [7, 11) is 1.65. The molecular weight excluding hydrogens is 436 g/mol. The Kier molecular flexibility index (Phi) is 10.2.